The number of imidazole rings is 1. The van der Waals surface area contributed by atoms with E-state index in [-0.39, 0.29) is 18.2 Å². The lowest BCUT2D eigenvalue weighted by Crippen LogP contribution is -2.10. The standard InChI is InChI=1S/C11H9FN2O2/c12-9-4-2-1-3-8(9)7-14-6-5-13-10(14)11(15)16/h1-6H,7H2,(H,15,16). The van der Waals surface area contributed by atoms with E-state index in [2.05, 4.69) is 4.98 Å². The topological polar surface area (TPSA) is 55.1 Å². The zero-order valence-corrected chi connectivity index (χ0v) is 8.30. The van der Waals surface area contributed by atoms with Gasteiger partial charge < -0.3 is 9.67 Å². The summed E-state index contributed by atoms with van der Waals surface area (Å²) in [5.41, 5.74) is 0.433. The van der Waals surface area contributed by atoms with E-state index in [4.69, 9.17) is 5.11 Å². The minimum absolute atomic E-state index is 0.0942. The number of hydrogen-bond donors (Lipinski definition) is 1. The van der Waals surface area contributed by atoms with Crippen LogP contribution in [0.5, 0.6) is 0 Å². The Balaban J connectivity index is 2.31. The first kappa shape index (κ1) is 10.4. The number of carboxylic acids is 1. The minimum atomic E-state index is -1.12. The second kappa shape index (κ2) is 4.14. The van der Waals surface area contributed by atoms with E-state index >= 15 is 0 Å². The lowest BCUT2D eigenvalue weighted by molar-refractivity contribution is 0.0678. The molecule has 5 heteroatoms. The van der Waals surface area contributed by atoms with Crippen LogP contribution < -0.4 is 0 Å². The molecule has 0 aliphatic carbocycles. The number of hydrogen-bond acceptors (Lipinski definition) is 2. The maximum absolute atomic E-state index is 13.3. The molecule has 0 aliphatic rings. The summed E-state index contributed by atoms with van der Waals surface area (Å²) in [6.07, 6.45) is 2.89. The van der Waals surface area contributed by atoms with Crippen LogP contribution in [0.4, 0.5) is 4.39 Å². The average Bonchev–Trinajstić information content (AvgIpc) is 2.69. The molecule has 2 rings (SSSR count). The van der Waals surface area contributed by atoms with Crippen molar-refractivity contribution in [3.8, 4) is 0 Å². The van der Waals surface area contributed by atoms with Crippen LogP contribution in [-0.2, 0) is 6.54 Å². The van der Waals surface area contributed by atoms with Crippen molar-refractivity contribution in [3.63, 3.8) is 0 Å². The highest BCUT2D eigenvalue weighted by atomic mass is 19.1. The molecule has 0 spiro atoms. The molecule has 4 nitrogen and oxygen atoms in total. The molecule has 2 aromatic rings. The first-order valence-corrected chi connectivity index (χ1v) is 4.66. The van der Waals surface area contributed by atoms with Crippen molar-refractivity contribution in [2.24, 2.45) is 0 Å². The Hall–Kier alpha value is -2.17. The Morgan fingerprint density at radius 1 is 1.44 bits per heavy atom. The Morgan fingerprint density at radius 2 is 2.19 bits per heavy atom. The fourth-order valence-electron chi connectivity index (χ4n) is 1.44. The Kier molecular flexibility index (Phi) is 2.68. The molecular formula is C11H9FN2O2. The third-order valence-electron chi connectivity index (χ3n) is 2.21. The van der Waals surface area contributed by atoms with Gasteiger partial charge in [0.25, 0.3) is 0 Å². The molecule has 16 heavy (non-hydrogen) atoms. The normalized spacial score (nSPS) is 10.3. The molecule has 0 unspecified atom stereocenters. The molecule has 82 valence electrons. The summed E-state index contributed by atoms with van der Waals surface area (Å²) in [4.78, 5) is 14.5. The quantitative estimate of drug-likeness (QED) is 0.857. The highest BCUT2D eigenvalue weighted by Gasteiger charge is 2.11. The summed E-state index contributed by atoms with van der Waals surface area (Å²) in [6.45, 7) is 0.161. The molecule has 0 amide bonds. The molecular weight excluding hydrogens is 211 g/mol. The maximum Gasteiger partial charge on any atom is 0.372 e. The van der Waals surface area contributed by atoms with E-state index in [1.807, 2.05) is 0 Å². The summed E-state index contributed by atoms with van der Waals surface area (Å²) in [5.74, 6) is -1.57. The molecule has 0 atom stereocenters. The van der Waals surface area contributed by atoms with Crippen molar-refractivity contribution in [1.29, 1.82) is 0 Å². The summed E-state index contributed by atoms with van der Waals surface area (Å²) >= 11 is 0. The van der Waals surface area contributed by atoms with Gasteiger partial charge in [-0.05, 0) is 6.07 Å². The molecule has 0 fully saturated rings. The van der Waals surface area contributed by atoms with Gasteiger partial charge in [0, 0.05) is 18.0 Å². The predicted octanol–water partition coefficient (Wildman–Crippen LogP) is 1.77. The van der Waals surface area contributed by atoms with Gasteiger partial charge in [0.15, 0.2) is 0 Å². The smallest absolute Gasteiger partial charge is 0.372 e. The average molecular weight is 220 g/mol. The second-order valence-electron chi connectivity index (χ2n) is 3.28. The van der Waals surface area contributed by atoms with Crippen molar-refractivity contribution < 1.29 is 14.3 Å². The molecule has 1 aromatic carbocycles. The zero-order valence-electron chi connectivity index (χ0n) is 8.30. The van der Waals surface area contributed by atoms with Gasteiger partial charge in [-0.1, -0.05) is 18.2 Å². The van der Waals surface area contributed by atoms with E-state index in [1.54, 1.807) is 18.2 Å². The summed E-state index contributed by atoms with van der Waals surface area (Å²) < 4.78 is 14.7. The van der Waals surface area contributed by atoms with Gasteiger partial charge in [0.2, 0.25) is 5.82 Å². The first-order chi connectivity index (χ1) is 7.68. The van der Waals surface area contributed by atoms with Crippen molar-refractivity contribution in [2.45, 2.75) is 6.54 Å². The van der Waals surface area contributed by atoms with E-state index < -0.39 is 5.97 Å². The third kappa shape index (κ3) is 1.93. The fraction of sp³-hybridized carbons (Fsp3) is 0.0909. The minimum Gasteiger partial charge on any atom is -0.475 e. The van der Waals surface area contributed by atoms with Gasteiger partial charge in [-0.3, -0.25) is 0 Å². The van der Waals surface area contributed by atoms with Gasteiger partial charge >= 0.3 is 5.97 Å². The van der Waals surface area contributed by atoms with Crippen LogP contribution in [0.2, 0.25) is 0 Å². The summed E-state index contributed by atoms with van der Waals surface area (Å²) in [5, 5.41) is 8.82. The third-order valence-corrected chi connectivity index (χ3v) is 2.21. The Morgan fingerprint density at radius 3 is 2.88 bits per heavy atom. The largest absolute Gasteiger partial charge is 0.475 e. The van der Waals surface area contributed by atoms with E-state index in [9.17, 15) is 9.18 Å². The monoisotopic (exact) mass is 220 g/mol. The number of halogens is 1. The lowest BCUT2D eigenvalue weighted by Gasteiger charge is -2.05. The van der Waals surface area contributed by atoms with Crippen LogP contribution in [0.25, 0.3) is 0 Å². The molecule has 1 aromatic heterocycles. The van der Waals surface area contributed by atoms with Crippen LogP contribution in [0.1, 0.15) is 16.2 Å². The van der Waals surface area contributed by atoms with Crippen LogP contribution in [0, 0.1) is 5.82 Å². The van der Waals surface area contributed by atoms with Crippen molar-refractivity contribution >= 4 is 5.97 Å². The van der Waals surface area contributed by atoms with Crippen LogP contribution >= 0.6 is 0 Å². The SMILES string of the molecule is O=C(O)c1nccn1Cc1ccccc1F. The van der Waals surface area contributed by atoms with E-state index in [0.29, 0.717) is 5.56 Å². The fourth-order valence-corrected chi connectivity index (χ4v) is 1.44. The van der Waals surface area contributed by atoms with Gasteiger partial charge in [-0.2, -0.15) is 0 Å². The summed E-state index contributed by atoms with van der Waals surface area (Å²) in [6, 6.07) is 6.24. The number of aromatic nitrogens is 2. The second-order valence-corrected chi connectivity index (χ2v) is 3.28. The van der Waals surface area contributed by atoms with Crippen LogP contribution in [0.15, 0.2) is 36.7 Å². The van der Waals surface area contributed by atoms with Crippen molar-refractivity contribution in [3.05, 3.63) is 53.9 Å². The van der Waals surface area contributed by atoms with Gasteiger partial charge in [0.1, 0.15) is 5.82 Å². The summed E-state index contributed by atoms with van der Waals surface area (Å²) in [7, 11) is 0. The van der Waals surface area contributed by atoms with Crippen LogP contribution in [0.3, 0.4) is 0 Å². The Labute approximate surface area is 91.0 Å². The molecule has 0 saturated heterocycles. The predicted molar refractivity (Wildman–Crippen MR) is 54.7 cm³/mol. The lowest BCUT2D eigenvalue weighted by atomic mass is 10.2. The first-order valence-electron chi connectivity index (χ1n) is 4.66. The number of benzene rings is 1. The maximum atomic E-state index is 13.3. The van der Waals surface area contributed by atoms with E-state index in [0.717, 1.165) is 0 Å². The number of rotatable bonds is 3. The van der Waals surface area contributed by atoms with Gasteiger partial charge in [0.05, 0.1) is 6.54 Å². The molecule has 1 heterocycles. The zero-order chi connectivity index (χ0) is 11.5. The number of nitrogens with zero attached hydrogens (tertiary/aromatic N) is 2. The van der Waals surface area contributed by atoms with Crippen molar-refractivity contribution in [2.75, 3.05) is 0 Å². The molecule has 1 N–H and O–H groups in total. The van der Waals surface area contributed by atoms with E-state index in [1.165, 1.54) is 23.0 Å². The van der Waals surface area contributed by atoms with Crippen molar-refractivity contribution in [1.82, 2.24) is 9.55 Å². The highest BCUT2D eigenvalue weighted by molar-refractivity contribution is 5.83. The van der Waals surface area contributed by atoms with Gasteiger partial charge in [-0.25, -0.2) is 14.2 Å². The van der Waals surface area contributed by atoms with Crippen LogP contribution in [-0.4, -0.2) is 20.6 Å². The number of aromatic carboxylic acids is 1. The Bertz CT molecular complexity index is 522. The molecule has 0 aliphatic heterocycles. The highest BCUT2D eigenvalue weighted by Crippen LogP contribution is 2.09. The molecule has 0 radical (unpaired) electrons. The van der Waals surface area contributed by atoms with Gasteiger partial charge in [-0.15, -0.1) is 0 Å². The number of carbonyl (C=O) groups is 1. The molecule has 0 bridgehead atoms. The number of carboxylic acid groups (broad SMARTS) is 1. The molecule has 0 saturated carbocycles.